The van der Waals surface area contributed by atoms with Crippen LogP contribution in [0, 0.1) is 18.6 Å². The van der Waals surface area contributed by atoms with Crippen molar-refractivity contribution in [2.45, 2.75) is 13.5 Å². The molecule has 0 atom stereocenters. The summed E-state index contributed by atoms with van der Waals surface area (Å²) in [5.74, 6) is -2.42. The van der Waals surface area contributed by atoms with Gasteiger partial charge in [-0.05, 0) is 45.9 Å². The molecule has 2 aromatic rings. The van der Waals surface area contributed by atoms with E-state index in [0.29, 0.717) is 0 Å². The molecule has 0 unspecified atom stereocenters. The summed E-state index contributed by atoms with van der Waals surface area (Å²) in [6.07, 6.45) is 0. The lowest BCUT2D eigenvalue weighted by Crippen LogP contribution is -2.25. The van der Waals surface area contributed by atoms with Crippen LogP contribution < -0.4 is 5.32 Å². The molecule has 0 aliphatic carbocycles. The number of benzene rings is 1. The number of hydrogen-bond donors (Lipinski definition) is 1. The average Bonchev–Trinajstić information content (AvgIpc) is 2.77. The smallest absolute Gasteiger partial charge is 0.257 e. The average molecular weight is 346 g/mol. The Morgan fingerprint density at radius 1 is 1.37 bits per heavy atom. The van der Waals surface area contributed by atoms with Crippen molar-refractivity contribution in [3.05, 3.63) is 55.7 Å². The summed E-state index contributed by atoms with van der Waals surface area (Å²) in [4.78, 5) is 12.7. The fourth-order valence-electron chi connectivity index (χ4n) is 1.56. The van der Waals surface area contributed by atoms with Crippen LogP contribution in [0.2, 0.25) is 0 Å². The predicted octanol–water partition coefficient (Wildman–Crippen LogP) is 4.03. The highest BCUT2D eigenvalue weighted by molar-refractivity contribution is 9.10. The van der Waals surface area contributed by atoms with Crippen LogP contribution in [0.15, 0.2) is 28.1 Å². The molecule has 0 saturated carbocycles. The Bertz CT molecular complexity index is 627. The van der Waals surface area contributed by atoms with Crippen LogP contribution >= 0.6 is 27.3 Å². The number of nitrogens with one attached hydrogen (secondary N) is 1. The van der Waals surface area contributed by atoms with Gasteiger partial charge in [0.2, 0.25) is 0 Å². The molecule has 100 valence electrons. The van der Waals surface area contributed by atoms with E-state index in [1.165, 1.54) is 24.3 Å². The molecule has 1 aromatic heterocycles. The highest BCUT2D eigenvalue weighted by Crippen LogP contribution is 2.22. The summed E-state index contributed by atoms with van der Waals surface area (Å²) in [6, 6.07) is 4.24. The lowest BCUT2D eigenvalue weighted by molar-refractivity contribution is 0.0942. The molecule has 1 amide bonds. The first kappa shape index (κ1) is 14.1. The quantitative estimate of drug-likeness (QED) is 0.893. The van der Waals surface area contributed by atoms with Crippen LogP contribution in [-0.2, 0) is 6.54 Å². The van der Waals surface area contributed by atoms with Gasteiger partial charge in [-0.3, -0.25) is 4.79 Å². The van der Waals surface area contributed by atoms with Gasteiger partial charge in [-0.1, -0.05) is 6.07 Å². The minimum atomic E-state index is -0.856. The molecule has 0 aliphatic rings. The van der Waals surface area contributed by atoms with Gasteiger partial charge in [0.15, 0.2) is 0 Å². The van der Waals surface area contributed by atoms with E-state index in [9.17, 15) is 13.6 Å². The normalized spacial score (nSPS) is 10.5. The van der Waals surface area contributed by atoms with Gasteiger partial charge >= 0.3 is 0 Å². The van der Waals surface area contributed by atoms with Gasteiger partial charge < -0.3 is 5.32 Å². The number of thiophene rings is 1. The summed E-state index contributed by atoms with van der Waals surface area (Å²) in [6.45, 7) is 1.71. The molecule has 0 fully saturated rings. The molecule has 2 rings (SSSR count). The van der Waals surface area contributed by atoms with E-state index in [-0.39, 0.29) is 12.1 Å². The number of amides is 1. The van der Waals surface area contributed by atoms with Crippen molar-refractivity contribution in [1.29, 1.82) is 0 Å². The number of halogens is 3. The highest BCUT2D eigenvalue weighted by Gasteiger charge is 2.19. The number of carbonyl (C=O) groups is 1. The second-order valence-corrected chi connectivity index (χ2v) is 5.78. The van der Waals surface area contributed by atoms with Gasteiger partial charge in [0, 0.05) is 9.35 Å². The zero-order chi connectivity index (χ0) is 14.0. The third-order valence-corrected chi connectivity index (χ3v) is 4.54. The molecule has 1 N–H and O–H groups in total. The first-order valence-electron chi connectivity index (χ1n) is 5.45. The molecular formula is C13H10BrF2NOS. The molecular weight excluding hydrogens is 336 g/mol. The topological polar surface area (TPSA) is 29.1 Å². The molecule has 0 spiro atoms. The molecule has 1 heterocycles. The summed E-state index contributed by atoms with van der Waals surface area (Å²) in [7, 11) is 0. The van der Waals surface area contributed by atoms with Crippen LogP contribution in [0.5, 0.6) is 0 Å². The van der Waals surface area contributed by atoms with Crippen molar-refractivity contribution in [3.63, 3.8) is 0 Å². The number of aryl methyl sites for hydroxylation is 1. The molecule has 2 nitrogen and oxygen atoms in total. The van der Waals surface area contributed by atoms with Crippen LogP contribution in [0.4, 0.5) is 8.78 Å². The first-order chi connectivity index (χ1) is 9.00. The second-order valence-electron chi connectivity index (χ2n) is 3.93. The largest absolute Gasteiger partial charge is 0.347 e. The molecule has 0 aliphatic heterocycles. The Balaban J connectivity index is 2.17. The number of rotatable bonds is 3. The maximum absolute atomic E-state index is 13.8. The minimum absolute atomic E-state index is 0.226. The van der Waals surface area contributed by atoms with E-state index >= 15 is 0 Å². The van der Waals surface area contributed by atoms with E-state index in [0.717, 1.165) is 15.4 Å². The zero-order valence-corrected chi connectivity index (χ0v) is 12.4. The van der Waals surface area contributed by atoms with Crippen LogP contribution in [0.25, 0.3) is 0 Å². The van der Waals surface area contributed by atoms with Gasteiger partial charge in [-0.2, -0.15) is 0 Å². The zero-order valence-electron chi connectivity index (χ0n) is 9.97. The van der Waals surface area contributed by atoms with E-state index in [2.05, 4.69) is 21.2 Å². The van der Waals surface area contributed by atoms with Crippen LogP contribution in [0.1, 0.15) is 20.8 Å². The van der Waals surface area contributed by atoms with Gasteiger partial charge in [0.25, 0.3) is 5.91 Å². The molecule has 19 heavy (non-hydrogen) atoms. The monoisotopic (exact) mass is 345 g/mol. The van der Waals surface area contributed by atoms with Crippen molar-refractivity contribution in [2.75, 3.05) is 0 Å². The lowest BCUT2D eigenvalue weighted by atomic mass is 10.1. The Morgan fingerprint density at radius 2 is 2.11 bits per heavy atom. The fraction of sp³-hybridized carbons (Fsp3) is 0.154. The molecule has 0 bridgehead atoms. The van der Waals surface area contributed by atoms with E-state index in [4.69, 9.17) is 0 Å². The fourth-order valence-corrected chi connectivity index (χ4v) is 3.00. The molecule has 6 heteroatoms. The number of carbonyl (C=O) groups excluding carboxylic acids is 1. The summed E-state index contributed by atoms with van der Waals surface area (Å²) >= 11 is 4.77. The molecule has 0 radical (unpaired) electrons. The van der Waals surface area contributed by atoms with Crippen molar-refractivity contribution < 1.29 is 13.6 Å². The Hall–Kier alpha value is -1.27. The third-order valence-electron chi connectivity index (χ3n) is 2.61. The van der Waals surface area contributed by atoms with E-state index < -0.39 is 23.1 Å². The van der Waals surface area contributed by atoms with Crippen LogP contribution in [0.3, 0.4) is 0 Å². The summed E-state index contributed by atoms with van der Waals surface area (Å²) < 4.78 is 28.1. The maximum Gasteiger partial charge on any atom is 0.257 e. The predicted molar refractivity (Wildman–Crippen MR) is 74.3 cm³/mol. The highest BCUT2D eigenvalue weighted by atomic mass is 79.9. The molecule has 1 aromatic carbocycles. The van der Waals surface area contributed by atoms with Crippen LogP contribution in [-0.4, -0.2) is 5.91 Å². The molecule has 0 saturated heterocycles. The van der Waals surface area contributed by atoms with E-state index in [1.54, 1.807) is 0 Å². The van der Waals surface area contributed by atoms with Crippen molar-refractivity contribution >= 4 is 33.2 Å². The van der Waals surface area contributed by atoms with Gasteiger partial charge in [-0.15, -0.1) is 11.3 Å². The standard InChI is InChI=1S/C13H10BrF2NOS/c1-7-2-3-9(15)11(12(7)16)13(18)17-6-10-8(14)4-5-19-10/h2-5H,6H2,1H3,(H,17,18). The lowest BCUT2D eigenvalue weighted by Gasteiger charge is -2.08. The third kappa shape index (κ3) is 3.01. The van der Waals surface area contributed by atoms with Gasteiger partial charge in [-0.25, -0.2) is 8.78 Å². The number of hydrogen-bond acceptors (Lipinski definition) is 2. The Morgan fingerprint density at radius 3 is 2.74 bits per heavy atom. The first-order valence-corrected chi connectivity index (χ1v) is 7.12. The minimum Gasteiger partial charge on any atom is -0.347 e. The summed E-state index contributed by atoms with van der Waals surface area (Å²) in [5.41, 5.74) is -0.295. The Labute approximate surface area is 121 Å². The Kier molecular flexibility index (Phi) is 4.31. The SMILES string of the molecule is Cc1ccc(F)c(C(=O)NCc2sccc2Br)c1F. The van der Waals surface area contributed by atoms with Crippen molar-refractivity contribution in [3.8, 4) is 0 Å². The second kappa shape index (κ2) is 5.79. The van der Waals surface area contributed by atoms with Gasteiger partial charge in [0.05, 0.1) is 6.54 Å². The van der Waals surface area contributed by atoms with E-state index in [1.807, 2.05) is 11.4 Å². The van der Waals surface area contributed by atoms with Crippen molar-refractivity contribution in [1.82, 2.24) is 5.32 Å². The van der Waals surface area contributed by atoms with Crippen molar-refractivity contribution in [2.24, 2.45) is 0 Å². The maximum atomic E-state index is 13.8. The summed E-state index contributed by atoms with van der Waals surface area (Å²) in [5, 5.41) is 4.37. The van der Waals surface area contributed by atoms with Gasteiger partial charge in [0.1, 0.15) is 17.2 Å².